The van der Waals surface area contributed by atoms with Gasteiger partial charge in [0, 0.05) is 6.04 Å². The Balaban J connectivity index is 2.32. The Morgan fingerprint density at radius 2 is 1.96 bits per heavy atom. The van der Waals surface area contributed by atoms with Gasteiger partial charge in [0.05, 0.1) is 13.2 Å². The fourth-order valence-corrected chi connectivity index (χ4v) is 3.04. The first-order chi connectivity index (χ1) is 12.2. The van der Waals surface area contributed by atoms with Crippen LogP contribution in [0.1, 0.15) is 52.9 Å². The summed E-state index contributed by atoms with van der Waals surface area (Å²) in [5.74, 6) is -0.174. The fraction of sp³-hybridized carbons (Fsp3) is 0.737. The van der Waals surface area contributed by atoms with E-state index in [1.54, 1.807) is 20.8 Å². The molecular formula is C19H32N2O5. The molecule has 148 valence electrons. The monoisotopic (exact) mass is 368 g/mol. The second-order valence-corrected chi connectivity index (χ2v) is 7.61. The predicted octanol–water partition coefficient (Wildman–Crippen LogP) is 2.44. The van der Waals surface area contributed by atoms with Crippen LogP contribution in [0, 0.1) is 0 Å². The molecule has 0 aromatic heterocycles. The number of likely N-dealkylation sites (N-methyl/N-ethyl adjacent to an activating group) is 1. The van der Waals surface area contributed by atoms with Crippen LogP contribution in [0.2, 0.25) is 0 Å². The molecule has 1 fully saturated rings. The number of methoxy groups -OCH3 is 1. The lowest BCUT2D eigenvalue weighted by Crippen LogP contribution is -2.39. The van der Waals surface area contributed by atoms with E-state index >= 15 is 0 Å². The Morgan fingerprint density at radius 1 is 1.27 bits per heavy atom. The molecule has 0 aromatic carbocycles. The number of likely N-dealkylation sites (tertiary alicyclic amines) is 1. The first-order valence-corrected chi connectivity index (χ1v) is 9.07. The maximum Gasteiger partial charge on any atom is 0.408 e. The van der Waals surface area contributed by atoms with Crippen LogP contribution >= 0.6 is 0 Å². The molecule has 1 saturated heterocycles. The summed E-state index contributed by atoms with van der Waals surface area (Å²) in [7, 11) is 3.37. The van der Waals surface area contributed by atoms with Gasteiger partial charge >= 0.3 is 12.1 Å². The van der Waals surface area contributed by atoms with Crippen molar-refractivity contribution in [1.29, 1.82) is 0 Å². The standard InChI is InChI=1S/C19H32N2O5/c1-19(2,3)26-18(24)20-14(13-22)9-7-6-8-10-15-11-12-16(21(15)4)17(23)25-5/h6-7,13-16H,8-12H2,1-5H3,(H,20,24)/b7-6-. The summed E-state index contributed by atoms with van der Waals surface area (Å²) < 4.78 is 9.96. The van der Waals surface area contributed by atoms with Crippen LogP contribution in [0.3, 0.4) is 0 Å². The van der Waals surface area contributed by atoms with Crippen molar-refractivity contribution in [3.63, 3.8) is 0 Å². The van der Waals surface area contributed by atoms with Gasteiger partial charge in [0.15, 0.2) is 0 Å². The zero-order chi connectivity index (χ0) is 19.7. The molecule has 3 unspecified atom stereocenters. The number of carbonyl (C=O) groups is 3. The molecule has 1 rings (SSSR count). The van der Waals surface area contributed by atoms with E-state index in [1.165, 1.54) is 7.11 Å². The summed E-state index contributed by atoms with van der Waals surface area (Å²) in [6, 6.07) is -0.393. The number of aldehydes is 1. The average Bonchev–Trinajstić information content (AvgIpc) is 2.91. The van der Waals surface area contributed by atoms with E-state index in [0.29, 0.717) is 18.7 Å². The predicted molar refractivity (Wildman–Crippen MR) is 98.8 cm³/mol. The van der Waals surface area contributed by atoms with Gasteiger partial charge in [0.25, 0.3) is 0 Å². The van der Waals surface area contributed by atoms with Gasteiger partial charge in [-0.1, -0.05) is 12.2 Å². The van der Waals surface area contributed by atoms with Crippen molar-refractivity contribution in [1.82, 2.24) is 10.2 Å². The number of carbonyl (C=O) groups excluding carboxylic acids is 3. The summed E-state index contributed by atoms with van der Waals surface area (Å²) in [5.41, 5.74) is -0.595. The van der Waals surface area contributed by atoms with Gasteiger partial charge in [-0.2, -0.15) is 0 Å². The molecule has 0 bridgehead atoms. The maximum absolute atomic E-state index is 11.7. The van der Waals surface area contributed by atoms with Crippen LogP contribution in [0.4, 0.5) is 4.79 Å². The van der Waals surface area contributed by atoms with Crippen molar-refractivity contribution in [2.75, 3.05) is 14.2 Å². The number of amides is 1. The van der Waals surface area contributed by atoms with Gasteiger partial charge < -0.3 is 19.6 Å². The third-order valence-electron chi connectivity index (χ3n) is 4.40. The number of nitrogens with one attached hydrogen (secondary N) is 1. The van der Waals surface area contributed by atoms with Gasteiger partial charge in [0.1, 0.15) is 17.9 Å². The topological polar surface area (TPSA) is 84.9 Å². The van der Waals surface area contributed by atoms with E-state index in [1.807, 2.05) is 19.2 Å². The number of hydrogen-bond donors (Lipinski definition) is 1. The van der Waals surface area contributed by atoms with Crippen LogP contribution in [0.5, 0.6) is 0 Å². The second kappa shape index (κ2) is 10.3. The van der Waals surface area contributed by atoms with Gasteiger partial charge in [-0.25, -0.2) is 4.79 Å². The average molecular weight is 368 g/mol. The van der Waals surface area contributed by atoms with Crippen molar-refractivity contribution in [3.8, 4) is 0 Å². The Morgan fingerprint density at radius 3 is 2.54 bits per heavy atom. The number of rotatable bonds is 8. The number of ether oxygens (including phenoxy) is 2. The van der Waals surface area contributed by atoms with Crippen molar-refractivity contribution in [3.05, 3.63) is 12.2 Å². The Labute approximate surface area is 156 Å². The molecule has 0 saturated carbocycles. The molecule has 1 amide bonds. The molecule has 0 aliphatic carbocycles. The summed E-state index contributed by atoms with van der Waals surface area (Å²) in [6.45, 7) is 5.31. The van der Waals surface area contributed by atoms with E-state index in [0.717, 1.165) is 25.7 Å². The summed E-state index contributed by atoms with van der Waals surface area (Å²) in [4.78, 5) is 36.5. The first kappa shape index (κ1) is 22.2. The number of esters is 1. The Hall–Kier alpha value is -1.89. The van der Waals surface area contributed by atoms with Crippen LogP contribution < -0.4 is 5.32 Å². The molecule has 1 N–H and O–H groups in total. The van der Waals surface area contributed by atoms with Crippen LogP contribution in [-0.4, -0.2) is 61.1 Å². The lowest BCUT2D eigenvalue weighted by molar-refractivity contribution is -0.145. The van der Waals surface area contributed by atoms with E-state index in [2.05, 4.69) is 10.2 Å². The Bertz CT molecular complexity index is 513. The Kier molecular flexibility index (Phi) is 8.78. The zero-order valence-corrected chi connectivity index (χ0v) is 16.5. The molecule has 3 atom stereocenters. The molecule has 7 nitrogen and oxygen atoms in total. The highest BCUT2D eigenvalue weighted by Gasteiger charge is 2.35. The molecule has 0 radical (unpaired) electrons. The lowest BCUT2D eigenvalue weighted by Gasteiger charge is -2.23. The third kappa shape index (κ3) is 7.56. The normalized spacial score (nSPS) is 22.2. The number of nitrogens with zero attached hydrogens (tertiary/aromatic N) is 1. The van der Waals surface area contributed by atoms with Crippen LogP contribution in [0.15, 0.2) is 12.2 Å². The highest BCUT2D eigenvalue weighted by atomic mass is 16.6. The van der Waals surface area contributed by atoms with Crippen molar-refractivity contribution >= 4 is 18.3 Å². The third-order valence-corrected chi connectivity index (χ3v) is 4.40. The number of alkyl carbamates (subject to hydrolysis) is 1. The van der Waals surface area contributed by atoms with Crippen molar-refractivity contribution in [2.45, 2.75) is 76.6 Å². The summed E-state index contributed by atoms with van der Waals surface area (Å²) >= 11 is 0. The molecule has 7 heteroatoms. The molecular weight excluding hydrogens is 336 g/mol. The van der Waals surface area contributed by atoms with Crippen LogP contribution in [0.25, 0.3) is 0 Å². The lowest BCUT2D eigenvalue weighted by atomic mass is 10.1. The quantitative estimate of drug-likeness (QED) is 0.402. The van der Waals surface area contributed by atoms with Crippen LogP contribution in [-0.2, 0) is 19.1 Å². The van der Waals surface area contributed by atoms with Gasteiger partial charge in [-0.3, -0.25) is 9.69 Å². The van der Waals surface area contributed by atoms with E-state index in [4.69, 9.17) is 9.47 Å². The van der Waals surface area contributed by atoms with Crippen molar-refractivity contribution in [2.24, 2.45) is 0 Å². The number of hydrogen-bond acceptors (Lipinski definition) is 6. The molecule has 1 heterocycles. The zero-order valence-electron chi connectivity index (χ0n) is 16.5. The first-order valence-electron chi connectivity index (χ1n) is 9.07. The fourth-order valence-electron chi connectivity index (χ4n) is 3.04. The largest absolute Gasteiger partial charge is 0.468 e. The molecule has 26 heavy (non-hydrogen) atoms. The van der Waals surface area contributed by atoms with Gasteiger partial charge in [-0.05, 0) is 59.9 Å². The van der Waals surface area contributed by atoms with E-state index in [9.17, 15) is 14.4 Å². The number of allylic oxidation sites excluding steroid dienone is 1. The van der Waals surface area contributed by atoms with Gasteiger partial charge in [0.2, 0.25) is 0 Å². The highest BCUT2D eigenvalue weighted by Crippen LogP contribution is 2.26. The van der Waals surface area contributed by atoms with Crippen molar-refractivity contribution < 1.29 is 23.9 Å². The summed E-state index contributed by atoms with van der Waals surface area (Å²) in [5, 5.41) is 2.55. The molecule has 0 spiro atoms. The molecule has 1 aliphatic heterocycles. The minimum Gasteiger partial charge on any atom is -0.468 e. The highest BCUT2D eigenvalue weighted by molar-refractivity contribution is 5.76. The summed E-state index contributed by atoms with van der Waals surface area (Å²) in [6.07, 6.45) is 8.02. The SMILES string of the molecule is COC(=O)C1CCC(CC/C=C\CC(C=O)NC(=O)OC(C)(C)C)N1C. The molecule has 1 aliphatic rings. The molecule has 0 aromatic rings. The second-order valence-electron chi connectivity index (χ2n) is 7.61. The smallest absolute Gasteiger partial charge is 0.408 e. The van der Waals surface area contributed by atoms with E-state index < -0.39 is 17.7 Å². The minimum absolute atomic E-state index is 0.147. The maximum atomic E-state index is 11.7. The van der Waals surface area contributed by atoms with E-state index in [-0.39, 0.29) is 12.0 Å². The van der Waals surface area contributed by atoms with Gasteiger partial charge in [-0.15, -0.1) is 0 Å². The minimum atomic E-state index is -0.598.